The highest BCUT2D eigenvalue weighted by molar-refractivity contribution is 6.34. The molecule has 2 heterocycles. The monoisotopic (exact) mass is 353 g/mol. The zero-order chi connectivity index (χ0) is 18.3. The lowest BCUT2D eigenvalue weighted by atomic mass is 10.1. The van der Waals surface area contributed by atoms with Crippen molar-refractivity contribution < 1.29 is 14.0 Å². The Kier molecular flexibility index (Phi) is 4.20. The molecule has 0 spiro atoms. The van der Waals surface area contributed by atoms with Gasteiger partial charge in [0.25, 0.3) is 11.8 Å². The Morgan fingerprint density at radius 3 is 2.08 bits per heavy atom. The van der Waals surface area contributed by atoms with E-state index in [-0.39, 0.29) is 5.69 Å². The molecule has 0 radical (unpaired) electrons. The maximum Gasteiger partial charge on any atom is 0.266 e. The van der Waals surface area contributed by atoms with Crippen molar-refractivity contribution in [3.63, 3.8) is 0 Å². The van der Waals surface area contributed by atoms with Crippen molar-refractivity contribution in [3.8, 4) is 0 Å². The van der Waals surface area contributed by atoms with Crippen LogP contribution >= 0.6 is 0 Å². The quantitative estimate of drug-likeness (QED) is 0.796. The third-order valence-corrected chi connectivity index (χ3v) is 5.14. The number of imide groups is 1. The van der Waals surface area contributed by atoms with E-state index in [1.54, 1.807) is 36.4 Å². The standard InChI is InChI=1S/C20H20FN3O2/c1-2-22-9-11-23(12-10-22)18-8-7-14(13-17(18)21)24-19(25)15-5-3-4-6-16(15)20(24)26/h3-8,13H,2,9-12H2,1H3. The Bertz CT molecular complexity index is 840. The lowest BCUT2D eigenvalue weighted by molar-refractivity contribution is 0.0926. The van der Waals surface area contributed by atoms with E-state index in [1.807, 2.05) is 4.90 Å². The molecule has 0 atom stereocenters. The van der Waals surface area contributed by atoms with Gasteiger partial charge in [0.2, 0.25) is 0 Å². The van der Waals surface area contributed by atoms with E-state index in [2.05, 4.69) is 11.8 Å². The Balaban J connectivity index is 1.59. The minimum absolute atomic E-state index is 0.268. The molecule has 2 aliphatic heterocycles. The zero-order valence-corrected chi connectivity index (χ0v) is 14.6. The summed E-state index contributed by atoms with van der Waals surface area (Å²) >= 11 is 0. The third-order valence-electron chi connectivity index (χ3n) is 5.14. The van der Waals surface area contributed by atoms with Crippen LogP contribution < -0.4 is 9.80 Å². The summed E-state index contributed by atoms with van der Waals surface area (Å²) in [5, 5.41) is 0. The topological polar surface area (TPSA) is 43.9 Å². The smallest absolute Gasteiger partial charge is 0.266 e. The number of halogens is 1. The highest BCUT2D eigenvalue weighted by Crippen LogP contribution is 2.31. The SMILES string of the molecule is CCN1CCN(c2ccc(N3C(=O)c4ccccc4C3=O)cc2F)CC1. The number of nitrogens with zero attached hydrogens (tertiary/aromatic N) is 3. The van der Waals surface area contributed by atoms with Crippen molar-refractivity contribution in [2.75, 3.05) is 42.5 Å². The molecule has 2 aromatic carbocycles. The molecule has 4 rings (SSSR count). The molecule has 2 aromatic rings. The van der Waals surface area contributed by atoms with E-state index < -0.39 is 17.6 Å². The number of likely N-dealkylation sites (N-methyl/N-ethyl adjacent to an activating group) is 1. The van der Waals surface area contributed by atoms with Gasteiger partial charge in [-0.3, -0.25) is 9.59 Å². The molecule has 1 saturated heterocycles. The minimum atomic E-state index is -0.413. The predicted octanol–water partition coefficient (Wildman–Crippen LogP) is 2.77. The number of piperazine rings is 1. The number of fused-ring (bicyclic) bond motifs is 1. The van der Waals surface area contributed by atoms with Crippen molar-refractivity contribution in [2.45, 2.75) is 6.92 Å². The lowest BCUT2D eigenvalue weighted by Crippen LogP contribution is -2.46. The summed E-state index contributed by atoms with van der Waals surface area (Å²) in [4.78, 5) is 30.5. The fraction of sp³-hybridized carbons (Fsp3) is 0.300. The van der Waals surface area contributed by atoms with Crippen molar-refractivity contribution >= 4 is 23.2 Å². The molecule has 0 bridgehead atoms. The Labute approximate surface area is 151 Å². The summed E-state index contributed by atoms with van der Waals surface area (Å²) in [7, 11) is 0. The number of hydrogen-bond donors (Lipinski definition) is 0. The fourth-order valence-corrected chi connectivity index (χ4v) is 3.62. The van der Waals surface area contributed by atoms with Crippen molar-refractivity contribution in [2.24, 2.45) is 0 Å². The van der Waals surface area contributed by atoms with Gasteiger partial charge in [0.1, 0.15) is 5.82 Å². The lowest BCUT2D eigenvalue weighted by Gasteiger charge is -2.35. The second-order valence-corrected chi connectivity index (χ2v) is 6.55. The van der Waals surface area contributed by atoms with Crippen LogP contribution in [0, 0.1) is 5.82 Å². The van der Waals surface area contributed by atoms with Gasteiger partial charge in [-0.2, -0.15) is 0 Å². The van der Waals surface area contributed by atoms with Crippen LogP contribution in [-0.4, -0.2) is 49.4 Å². The van der Waals surface area contributed by atoms with Gasteiger partial charge in [0, 0.05) is 32.2 Å². The molecule has 0 aliphatic carbocycles. The van der Waals surface area contributed by atoms with Crippen LogP contribution in [0.1, 0.15) is 27.6 Å². The summed E-state index contributed by atoms with van der Waals surface area (Å²) in [5.41, 5.74) is 1.50. The minimum Gasteiger partial charge on any atom is -0.367 e. The summed E-state index contributed by atoms with van der Waals surface area (Å²) in [6.45, 7) is 6.43. The molecule has 26 heavy (non-hydrogen) atoms. The second-order valence-electron chi connectivity index (χ2n) is 6.55. The first kappa shape index (κ1) is 16.7. The van der Waals surface area contributed by atoms with Crippen molar-refractivity contribution in [1.82, 2.24) is 4.90 Å². The maximum atomic E-state index is 14.7. The van der Waals surface area contributed by atoms with E-state index >= 15 is 0 Å². The van der Waals surface area contributed by atoms with Gasteiger partial charge < -0.3 is 9.80 Å². The van der Waals surface area contributed by atoms with Crippen LogP contribution in [0.5, 0.6) is 0 Å². The van der Waals surface area contributed by atoms with E-state index in [9.17, 15) is 14.0 Å². The highest BCUT2D eigenvalue weighted by Gasteiger charge is 2.36. The first-order valence-electron chi connectivity index (χ1n) is 8.85. The molecule has 134 valence electrons. The van der Waals surface area contributed by atoms with Gasteiger partial charge in [-0.15, -0.1) is 0 Å². The number of benzene rings is 2. The molecule has 2 aliphatic rings. The largest absolute Gasteiger partial charge is 0.367 e. The molecular formula is C20H20FN3O2. The Hall–Kier alpha value is -2.73. The number of carbonyl (C=O) groups is 2. The number of carbonyl (C=O) groups excluding carboxylic acids is 2. The van der Waals surface area contributed by atoms with Gasteiger partial charge in [-0.1, -0.05) is 19.1 Å². The van der Waals surface area contributed by atoms with Crippen molar-refractivity contribution in [3.05, 3.63) is 59.4 Å². The fourth-order valence-electron chi connectivity index (χ4n) is 3.62. The second kappa shape index (κ2) is 6.53. The molecule has 0 aromatic heterocycles. The predicted molar refractivity (Wildman–Crippen MR) is 98.3 cm³/mol. The van der Waals surface area contributed by atoms with Crippen LogP contribution in [0.2, 0.25) is 0 Å². The van der Waals surface area contributed by atoms with Gasteiger partial charge in [0.15, 0.2) is 0 Å². The average molecular weight is 353 g/mol. The summed E-state index contributed by atoms with van der Waals surface area (Å²) in [6, 6.07) is 11.3. The van der Waals surface area contributed by atoms with Gasteiger partial charge in [0.05, 0.1) is 22.5 Å². The normalized spacial score (nSPS) is 17.8. The Morgan fingerprint density at radius 2 is 1.54 bits per heavy atom. The van der Waals surface area contributed by atoms with Gasteiger partial charge >= 0.3 is 0 Å². The number of rotatable bonds is 3. The number of hydrogen-bond acceptors (Lipinski definition) is 4. The van der Waals surface area contributed by atoms with E-state index in [0.29, 0.717) is 16.8 Å². The van der Waals surface area contributed by atoms with Crippen molar-refractivity contribution in [1.29, 1.82) is 0 Å². The molecular weight excluding hydrogens is 333 g/mol. The third kappa shape index (κ3) is 2.66. The molecule has 0 unspecified atom stereocenters. The van der Waals surface area contributed by atoms with Crippen LogP contribution in [0.25, 0.3) is 0 Å². The number of amides is 2. The molecule has 1 fully saturated rings. The summed E-state index contributed by atoms with van der Waals surface area (Å²) in [6.07, 6.45) is 0. The molecule has 2 amide bonds. The molecule has 0 saturated carbocycles. The highest BCUT2D eigenvalue weighted by atomic mass is 19.1. The first-order chi connectivity index (χ1) is 12.6. The van der Waals surface area contributed by atoms with E-state index in [4.69, 9.17) is 0 Å². The van der Waals surface area contributed by atoms with Gasteiger partial charge in [-0.25, -0.2) is 9.29 Å². The van der Waals surface area contributed by atoms with Crippen LogP contribution in [-0.2, 0) is 0 Å². The van der Waals surface area contributed by atoms with Crippen LogP contribution in [0.4, 0.5) is 15.8 Å². The summed E-state index contributed by atoms with van der Waals surface area (Å²) < 4.78 is 14.7. The van der Waals surface area contributed by atoms with E-state index in [1.165, 1.54) is 6.07 Å². The maximum absolute atomic E-state index is 14.7. The van der Waals surface area contributed by atoms with Crippen LogP contribution in [0.15, 0.2) is 42.5 Å². The van der Waals surface area contributed by atoms with E-state index in [0.717, 1.165) is 37.6 Å². The molecule has 0 N–H and O–H groups in total. The van der Waals surface area contributed by atoms with Crippen LogP contribution in [0.3, 0.4) is 0 Å². The first-order valence-corrected chi connectivity index (χ1v) is 8.85. The number of anilines is 2. The molecule has 5 nitrogen and oxygen atoms in total. The average Bonchev–Trinajstić information content (AvgIpc) is 2.93. The zero-order valence-electron chi connectivity index (χ0n) is 14.6. The Morgan fingerprint density at radius 1 is 0.923 bits per heavy atom. The summed E-state index contributed by atoms with van der Waals surface area (Å²) in [5.74, 6) is -1.23. The molecule has 6 heteroatoms. The van der Waals surface area contributed by atoms with Gasteiger partial charge in [-0.05, 0) is 30.8 Å².